The summed E-state index contributed by atoms with van der Waals surface area (Å²) < 4.78 is 5.65. The highest BCUT2D eigenvalue weighted by molar-refractivity contribution is 6.37. The molecule has 1 aromatic rings. The van der Waals surface area contributed by atoms with Crippen molar-refractivity contribution < 1.29 is 4.74 Å². The van der Waals surface area contributed by atoms with Crippen molar-refractivity contribution in [3.8, 4) is 5.75 Å². The molecule has 0 bridgehead atoms. The Labute approximate surface area is 143 Å². The Bertz CT molecular complexity index is 471. The third-order valence-electron chi connectivity index (χ3n) is 4.03. The first-order valence-electron chi connectivity index (χ1n) is 8.10. The lowest BCUT2D eigenvalue weighted by molar-refractivity contribution is 0.242. The molecule has 2 rings (SSSR count). The molecule has 0 aliphatic carbocycles. The maximum absolute atomic E-state index is 6.28. The van der Waals surface area contributed by atoms with Gasteiger partial charge in [-0.2, -0.15) is 0 Å². The molecular formula is C17H26Cl2N2O. The number of hydrogen-bond donors (Lipinski definition) is 1. The first-order chi connectivity index (χ1) is 10.5. The van der Waals surface area contributed by atoms with Crippen molar-refractivity contribution in [1.29, 1.82) is 0 Å². The Morgan fingerprint density at radius 3 is 2.59 bits per heavy atom. The Kier molecular flexibility index (Phi) is 6.82. The minimum absolute atomic E-state index is 0.0568. The van der Waals surface area contributed by atoms with Gasteiger partial charge in [-0.05, 0) is 57.5 Å². The molecule has 1 aromatic carbocycles. The number of nitrogens with one attached hydrogen (secondary N) is 1. The fourth-order valence-corrected chi connectivity index (χ4v) is 3.61. The van der Waals surface area contributed by atoms with Gasteiger partial charge in [0.05, 0.1) is 16.1 Å². The third kappa shape index (κ3) is 4.76. The Hall–Kier alpha value is -0.480. The van der Waals surface area contributed by atoms with E-state index in [2.05, 4.69) is 17.1 Å². The third-order valence-corrected chi connectivity index (χ3v) is 4.59. The maximum Gasteiger partial charge on any atom is 0.156 e. The SMILES string of the molecule is CCN1CCCC1CNCc1cc(Cl)c(OC(C)C)c(Cl)c1. The number of hydrogen-bond acceptors (Lipinski definition) is 3. The first-order valence-corrected chi connectivity index (χ1v) is 8.86. The molecule has 1 saturated heterocycles. The fourth-order valence-electron chi connectivity index (χ4n) is 2.99. The number of benzene rings is 1. The fraction of sp³-hybridized carbons (Fsp3) is 0.647. The van der Waals surface area contributed by atoms with Crippen molar-refractivity contribution in [1.82, 2.24) is 10.2 Å². The molecule has 5 heteroatoms. The zero-order valence-electron chi connectivity index (χ0n) is 13.7. The molecule has 1 aliphatic heterocycles. The molecule has 1 fully saturated rings. The second-order valence-corrected chi connectivity index (χ2v) is 6.93. The van der Waals surface area contributed by atoms with Gasteiger partial charge in [-0.15, -0.1) is 0 Å². The van der Waals surface area contributed by atoms with Crippen LogP contribution >= 0.6 is 23.2 Å². The molecule has 1 unspecified atom stereocenters. The lowest BCUT2D eigenvalue weighted by atomic mass is 10.2. The first kappa shape index (κ1) is 17.9. The van der Waals surface area contributed by atoms with Crippen LogP contribution in [-0.4, -0.2) is 36.7 Å². The van der Waals surface area contributed by atoms with Crippen LogP contribution in [-0.2, 0) is 6.54 Å². The van der Waals surface area contributed by atoms with Gasteiger partial charge in [0.2, 0.25) is 0 Å². The van der Waals surface area contributed by atoms with Crippen LogP contribution < -0.4 is 10.1 Å². The zero-order valence-corrected chi connectivity index (χ0v) is 15.2. The number of likely N-dealkylation sites (tertiary alicyclic amines) is 1. The molecule has 0 amide bonds. The normalized spacial score (nSPS) is 19.1. The Balaban J connectivity index is 1.90. The van der Waals surface area contributed by atoms with E-state index in [-0.39, 0.29) is 6.10 Å². The number of ether oxygens (including phenoxy) is 1. The van der Waals surface area contributed by atoms with E-state index in [0.29, 0.717) is 21.8 Å². The summed E-state index contributed by atoms with van der Waals surface area (Å²) in [5.41, 5.74) is 1.09. The van der Waals surface area contributed by atoms with E-state index in [0.717, 1.165) is 25.2 Å². The van der Waals surface area contributed by atoms with E-state index in [1.807, 2.05) is 26.0 Å². The molecule has 3 nitrogen and oxygen atoms in total. The molecule has 124 valence electrons. The van der Waals surface area contributed by atoms with Crippen molar-refractivity contribution in [3.05, 3.63) is 27.7 Å². The second kappa shape index (κ2) is 8.39. The van der Waals surface area contributed by atoms with Crippen LogP contribution in [0.15, 0.2) is 12.1 Å². The van der Waals surface area contributed by atoms with E-state index in [1.54, 1.807) is 0 Å². The van der Waals surface area contributed by atoms with Crippen molar-refractivity contribution in [2.24, 2.45) is 0 Å². The van der Waals surface area contributed by atoms with Gasteiger partial charge in [0.25, 0.3) is 0 Å². The number of likely N-dealkylation sites (N-methyl/N-ethyl adjacent to an activating group) is 1. The lowest BCUT2D eigenvalue weighted by Gasteiger charge is -2.23. The zero-order chi connectivity index (χ0) is 16.1. The molecule has 0 spiro atoms. The number of nitrogens with zero attached hydrogens (tertiary/aromatic N) is 1. The molecular weight excluding hydrogens is 319 g/mol. The summed E-state index contributed by atoms with van der Waals surface area (Å²) in [5.74, 6) is 0.579. The van der Waals surface area contributed by atoms with Crippen LogP contribution in [0, 0.1) is 0 Å². The summed E-state index contributed by atoms with van der Waals surface area (Å²) in [6.07, 6.45) is 2.64. The van der Waals surface area contributed by atoms with Crippen molar-refractivity contribution >= 4 is 23.2 Å². The van der Waals surface area contributed by atoms with Crippen LogP contribution in [0.4, 0.5) is 0 Å². The van der Waals surface area contributed by atoms with Crippen LogP contribution in [0.25, 0.3) is 0 Å². The van der Waals surface area contributed by atoms with Crippen molar-refractivity contribution in [2.75, 3.05) is 19.6 Å². The van der Waals surface area contributed by atoms with Gasteiger partial charge in [0.1, 0.15) is 0 Å². The van der Waals surface area contributed by atoms with Crippen molar-refractivity contribution in [3.63, 3.8) is 0 Å². The molecule has 1 heterocycles. The summed E-state index contributed by atoms with van der Waals surface area (Å²) in [4.78, 5) is 2.53. The van der Waals surface area contributed by atoms with E-state index in [9.17, 15) is 0 Å². The largest absolute Gasteiger partial charge is 0.488 e. The summed E-state index contributed by atoms with van der Waals surface area (Å²) in [6.45, 7) is 10.3. The van der Waals surface area contributed by atoms with Gasteiger partial charge >= 0.3 is 0 Å². The van der Waals surface area contributed by atoms with Gasteiger partial charge in [-0.3, -0.25) is 4.90 Å². The Morgan fingerprint density at radius 1 is 1.32 bits per heavy atom. The topological polar surface area (TPSA) is 24.5 Å². The molecule has 0 aromatic heterocycles. The highest BCUT2D eigenvalue weighted by Crippen LogP contribution is 2.34. The highest BCUT2D eigenvalue weighted by atomic mass is 35.5. The van der Waals surface area contributed by atoms with E-state index >= 15 is 0 Å². The molecule has 1 atom stereocenters. The monoisotopic (exact) mass is 344 g/mol. The second-order valence-electron chi connectivity index (χ2n) is 6.11. The molecule has 0 saturated carbocycles. The predicted octanol–water partition coefficient (Wildman–Crippen LogP) is 4.35. The summed E-state index contributed by atoms with van der Waals surface area (Å²) in [7, 11) is 0. The summed E-state index contributed by atoms with van der Waals surface area (Å²) in [5, 5.41) is 4.68. The lowest BCUT2D eigenvalue weighted by Crippen LogP contribution is -2.37. The van der Waals surface area contributed by atoms with Gasteiger partial charge in [0, 0.05) is 19.1 Å². The van der Waals surface area contributed by atoms with Gasteiger partial charge in [-0.1, -0.05) is 30.1 Å². The van der Waals surface area contributed by atoms with E-state index in [1.165, 1.54) is 19.4 Å². The standard InChI is InChI=1S/C17H26Cl2N2O/c1-4-21-7-5-6-14(21)11-20-10-13-8-15(18)17(16(19)9-13)22-12(2)3/h8-9,12,14,20H,4-7,10-11H2,1-3H3. The van der Waals surface area contributed by atoms with Crippen LogP contribution in [0.5, 0.6) is 5.75 Å². The number of halogens is 2. The molecule has 0 radical (unpaired) electrons. The minimum atomic E-state index is 0.0568. The predicted molar refractivity (Wildman–Crippen MR) is 94.2 cm³/mol. The van der Waals surface area contributed by atoms with E-state index < -0.39 is 0 Å². The molecule has 1 aliphatic rings. The van der Waals surface area contributed by atoms with Crippen LogP contribution in [0.3, 0.4) is 0 Å². The summed E-state index contributed by atoms with van der Waals surface area (Å²) in [6, 6.07) is 4.52. The minimum Gasteiger partial charge on any atom is -0.488 e. The quantitative estimate of drug-likeness (QED) is 0.795. The van der Waals surface area contributed by atoms with Crippen LogP contribution in [0.2, 0.25) is 10.0 Å². The molecule has 22 heavy (non-hydrogen) atoms. The average Bonchev–Trinajstić information content (AvgIpc) is 2.90. The summed E-state index contributed by atoms with van der Waals surface area (Å²) >= 11 is 12.6. The van der Waals surface area contributed by atoms with Gasteiger partial charge in [0.15, 0.2) is 5.75 Å². The van der Waals surface area contributed by atoms with Gasteiger partial charge < -0.3 is 10.1 Å². The van der Waals surface area contributed by atoms with Crippen molar-refractivity contribution in [2.45, 2.75) is 52.3 Å². The van der Waals surface area contributed by atoms with Gasteiger partial charge in [-0.25, -0.2) is 0 Å². The van der Waals surface area contributed by atoms with Crippen LogP contribution in [0.1, 0.15) is 39.2 Å². The Morgan fingerprint density at radius 2 is 2.00 bits per heavy atom. The average molecular weight is 345 g/mol. The molecule has 1 N–H and O–H groups in total. The smallest absolute Gasteiger partial charge is 0.156 e. The number of rotatable bonds is 7. The van der Waals surface area contributed by atoms with E-state index in [4.69, 9.17) is 27.9 Å². The maximum atomic E-state index is 6.28. The highest BCUT2D eigenvalue weighted by Gasteiger charge is 2.22.